The Morgan fingerprint density at radius 1 is 1.21 bits per heavy atom. The SMILES string of the molecule is CCCCOC(=O)ON1C(c2ccccc2)=CNc2ccc(NC(=O)NCC(O)CO)nc21. The maximum Gasteiger partial charge on any atom is 0.533 e. The lowest BCUT2D eigenvalue weighted by Crippen LogP contribution is -2.37. The maximum atomic E-state index is 12.3. The molecule has 3 rings (SSSR count). The van der Waals surface area contributed by atoms with Crippen LogP contribution in [0.15, 0.2) is 48.7 Å². The van der Waals surface area contributed by atoms with Gasteiger partial charge in [-0.25, -0.2) is 14.6 Å². The smallest absolute Gasteiger partial charge is 0.433 e. The van der Waals surface area contributed by atoms with E-state index in [0.29, 0.717) is 17.8 Å². The minimum Gasteiger partial charge on any atom is -0.433 e. The van der Waals surface area contributed by atoms with Gasteiger partial charge < -0.3 is 25.6 Å². The van der Waals surface area contributed by atoms with Crippen LogP contribution in [0.2, 0.25) is 0 Å². The Morgan fingerprint density at radius 2 is 2.00 bits per heavy atom. The number of hydrogen-bond acceptors (Lipinski definition) is 9. The van der Waals surface area contributed by atoms with Gasteiger partial charge in [0.25, 0.3) is 0 Å². The summed E-state index contributed by atoms with van der Waals surface area (Å²) in [5, 5.41) is 27.5. The molecule has 11 nitrogen and oxygen atoms in total. The number of aromatic nitrogens is 1. The molecule has 1 atom stereocenters. The molecule has 1 aromatic carbocycles. The Bertz CT molecular complexity index is 984. The van der Waals surface area contributed by atoms with E-state index in [-0.39, 0.29) is 24.8 Å². The highest BCUT2D eigenvalue weighted by molar-refractivity contribution is 5.92. The molecule has 1 unspecified atom stereocenters. The van der Waals surface area contributed by atoms with E-state index in [1.54, 1.807) is 18.3 Å². The number of urea groups is 1. The lowest BCUT2D eigenvalue weighted by Gasteiger charge is -2.29. The van der Waals surface area contributed by atoms with Gasteiger partial charge in [0, 0.05) is 18.3 Å². The topological polar surface area (TPSA) is 145 Å². The van der Waals surface area contributed by atoms with E-state index < -0.39 is 24.9 Å². The van der Waals surface area contributed by atoms with Gasteiger partial charge in [-0.1, -0.05) is 43.7 Å². The number of aliphatic hydroxyl groups excluding tert-OH is 2. The number of ether oxygens (including phenoxy) is 1. The Labute approximate surface area is 191 Å². The first-order chi connectivity index (χ1) is 16.0. The average Bonchev–Trinajstić information content (AvgIpc) is 2.83. The molecule has 1 aliphatic heterocycles. The van der Waals surface area contributed by atoms with Gasteiger partial charge in [-0.2, -0.15) is 0 Å². The average molecular weight is 457 g/mol. The molecule has 0 spiro atoms. The van der Waals surface area contributed by atoms with Crippen LogP contribution in [0.3, 0.4) is 0 Å². The van der Waals surface area contributed by atoms with Crippen LogP contribution in [0.1, 0.15) is 25.3 Å². The molecular weight excluding hydrogens is 430 g/mol. The van der Waals surface area contributed by atoms with Crippen LogP contribution >= 0.6 is 0 Å². The van der Waals surface area contributed by atoms with Gasteiger partial charge in [-0.15, -0.1) is 5.06 Å². The predicted molar refractivity (Wildman–Crippen MR) is 122 cm³/mol. The highest BCUT2D eigenvalue weighted by atomic mass is 16.8. The third kappa shape index (κ3) is 6.57. The number of rotatable bonds is 9. The number of benzene rings is 1. The monoisotopic (exact) mass is 457 g/mol. The number of hydroxylamine groups is 1. The van der Waals surface area contributed by atoms with Gasteiger partial charge in [-0.05, 0) is 18.6 Å². The van der Waals surface area contributed by atoms with E-state index in [0.717, 1.165) is 12.0 Å². The van der Waals surface area contributed by atoms with E-state index in [1.807, 2.05) is 37.3 Å². The Balaban J connectivity index is 1.82. The summed E-state index contributed by atoms with van der Waals surface area (Å²) in [4.78, 5) is 34.3. The minimum absolute atomic E-state index is 0.130. The van der Waals surface area contributed by atoms with Crippen molar-refractivity contribution >= 4 is 35.2 Å². The lowest BCUT2D eigenvalue weighted by atomic mass is 10.1. The van der Waals surface area contributed by atoms with Gasteiger partial charge >= 0.3 is 12.2 Å². The Kier molecular flexibility index (Phi) is 8.44. The molecule has 2 heterocycles. The van der Waals surface area contributed by atoms with Crippen LogP contribution in [0, 0.1) is 0 Å². The number of hydrogen-bond donors (Lipinski definition) is 5. The Hall–Kier alpha value is -3.83. The summed E-state index contributed by atoms with van der Waals surface area (Å²) in [7, 11) is 0. The molecule has 0 aliphatic carbocycles. The number of nitrogens with zero attached hydrogens (tertiary/aromatic N) is 2. The molecular formula is C22H27N5O6. The number of pyridine rings is 1. The molecule has 11 heteroatoms. The van der Waals surface area contributed by atoms with Crippen LogP contribution in [0.25, 0.3) is 5.70 Å². The predicted octanol–water partition coefficient (Wildman–Crippen LogP) is 2.66. The van der Waals surface area contributed by atoms with Crippen molar-refractivity contribution in [3.05, 3.63) is 54.2 Å². The van der Waals surface area contributed by atoms with Crippen LogP contribution in [0.4, 0.5) is 26.9 Å². The maximum absolute atomic E-state index is 12.3. The fourth-order valence-electron chi connectivity index (χ4n) is 2.84. The summed E-state index contributed by atoms with van der Waals surface area (Å²) in [6.07, 6.45) is 1.30. The van der Waals surface area contributed by atoms with Crippen molar-refractivity contribution in [3.63, 3.8) is 0 Å². The minimum atomic E-state index is -1.07. The molecule has 33 heavy (non-hydrogen) atoms. The van der Waals surface area contributed by atoms with Gasteiger partial charge in [0.2, 0.25) is 0 Å². The largest absolute Gasteiger partial charge is 0.533 e. The molecule has 1 aliphatic rings. The first-order valence-electron chi connectivity index (χ1n) is 10.5. The number of amides is 2. The second-order valence-corrected chi connectivity index (χ2v) is 7.12. The van der Waals surface area contributed by atoms with E-state index in [1.165, 1.54) is 5.06 Å². The molecule has 5 N–H and O–H groups in total. The number of carbonyl (C=O) groups excluding carboxylic acids is 2. The quantitative estimate of drug-likeness (QED) is 0.283. The molecule has 0 fully saturated rings. The number of carbonyl (C=O) groups is 2. The van der Waals surface area contributed by atoms with E-state index in [2.05, 4.69) is 20.9 Å². The molecule has 176 valence electrons. The van der Waals surface area contributed by atoms with Crippen molar-refractivity contribution in [2.75, 3.05) is 35.5 Å². The summed E-state index contributed by atoms with van der Waals surface area (Å²) < 4.78 is 5.14. The van der Waals surface area contributed by atoms with E-state index in [9.17, 15) is 14.7 Å². The number of unbranched alkanes of at least 4 members (excludes halogenated alkanes) is 1. The van der Waals surface area contributed by atoms with Crippen molar-refractivity contribution in [2.24, 2.45) is 0 Å². The van der Waals surface area contributed by atoms with Crippen LogP contribution in [0.5, 0.6) is 0 Å². The Morgan fingerprint density at radius 3 is 2.73 bits per heavy atom. The second kappa shape index (κ2) is 11.7. The van der Waals surface area contributed by atoms with Gasteiger partial charge in [0.05, 0.1) is 25.0 Å². The van der Waals surface area contributed by atoms with Crippen molar-refractivity contribution in [3.8, 4) is 0 Å². The molecule has 0 bridgehead atoms. The highest BCUT2D eigenvalue weighted by Gasteiger charge is 2.28. The molecule has 0 saturated heterocycles. The first-order valence-corrected chi connectivity index (χ1v) is 10.5. The highest BCUT2D eigenvalue weighted by Crippen LogP contribution is 2.36. The molecule has 0 saturated carbocycles. The summed E-state index contributed by atoms with van der Waals surface area (Å²) in [5.74, 6) is 0.408. The third-order valence-electron chi connectivity index (χ3n) is 4.55. The summed E-state index contributed by atoms with van der Waals surface area (Å²) in [6, 6.07) is 11.9. The molecule has 2 amide bonds. The number of nitrogens with one attached hydrogen (secondary N) is 3. The molecule has 2 aromatic rings. The number of anilines is 3. The normalized spacial score (nSPS) is 13.2. The van der Waals surface area contributed by atoms with Crippen LogP contribution in [-0.2, 0) is 9.57 Å². The van der Waals surface area contributed by atoms with Crippen molar-refractivity contribution in [1.29, 1.82) is 0 Å². The van der Waals surface area contributed by atoms with Crippen molar-refractivity contribution in [1.82, 2.24) is 10.3 Å². The number of fused-ring (bicyclic) bond motifs is 1. The van der Waals surface area contributed by atoms with Crippen LogP contribution in [-0.4, -0.2) is 53.2 Å². The molecule has 1 aromatic heterocycles. The standard InChI is InChI=1S/C22H27N5O6/c1-2-3-11-32-22(31)33-27-18(15-7-5-4-6-8-15)13-23-17-9-10-19(25-20(17)27)26-21(30)24-12-16(29)14-28/h4-10,13,16,23,28-29H,2-3,11-12,14H2,1H3,(H2,24,25,26,30). The van der Waals surface area contributed by atoms with Crippen molar-refractivity contribution in [2.45, 2.75) is 25.9 Å². The third-order valence-corrected chi connectivity index (χ3v) is 4.55. The van der Waals surface area contributed by atoms with Crippen molar-refractivity contribution < 1.29 is 29.4 Å². The van der Waals surface area contributed by atoms with Crippen LogP contribution < -0.4 is 21.0 Å². The van der Waals surface area contributed by atoms with Gasteiger partial charge in [0.15, 0.2) is 5.82 Å². The van der Waals surface area contributed by atoms with E-state index in [4.69, 9.17) is 14.7 Å². The number of aliphatic hydroxyl groups is 2. The van der Waals surface area contributed by atoms with Gasteiger partial charge in [-0.3, -0.25) is 10.2 Å². The molecule has 0 radical (unpaired) electrons. The fraction of sp³-hybridized carbons (Fsp3) is 0.318. The zero-order valence-corrected chi connectivity index (χ0v) is 18.2. The summed E-state index contributed by atoms with van der Waals surface area (Å²) >= 11 is 0. The van der Waals surface area contributed by atoms with E-state index >= 15 is 0 Å². The lowest BCUT2D eigenvalue weighted by molar-refractivity contribution is 0.0545. The first kappa shape index (κ1) is 23.8. The van der Waals surface area contributed by atoms with Gasteiger partial charge in [0.1, 0.15) is 11.5 Å². The zero-order valence-electron chi connectivity index (χ0n) is 18.2. The second-order valence-electron chi connectivity index (χ2n) is 7.12. The zero-order chi connectivity index (χ0) is 23.6. The fourth-order valence-corrected chi connectivity index (χ4v) is 2.84. The summed E-state index contributed by atoms with van der Waals surface area (Å²) in [5.41, 5.74) is 1.81. The summed E-state index contributed by atoms with van der Waals surface area (Å²) in [6.45, 7) is 1.61.